The molecule has 6 nitrogen and oxygen atoms in total. The van der Waals surface area contributed by atoms with Crippen molar-refractivity contribution in [2.75, 3.05) is 19.3 Å². The van der Waals surface area contributed by atoms with Gasteiger partial charge in [0.05, 0.1) is 12.2 Å². The summed E-state index contributed by atoms with van der Waals surface area (Å²) < 4.78 is 25.8. The topological polar surface area (TPSA) is 101 Å². The smallest absolute Gasteiger partial charge is 0.243 e. The Bertz CT molecular complexity index is 526. The minimum atomic E-state index is -3.75. The fourth-order valence-electron chi connectivity index (χ4n) is 1.24. The van der Waals surface area contributed by atoms with E-state index < -0.39 is 15.9 Å². The zero-order valence-corrected chi connectivity index (χ0v) is 10.5. The van der Waals surface area contributed by atoms with Gasteiger partial charge in [-0.2, -0.15) is 0 Å². The Morgan fingerprint density at radius 2 is 2.06 bits per heavy atom. The number of nitrogens with two attached hydrogens (primary N) is 1. The van der Waals surface area contributed by atoms with Crippen molar-refractivity contribution in [3.63, 3.8) is 0 Å². The maximum absolute atomic E-state index is 11.8. The standard InChI is InChI=1S/C10H15N3O3S/c1-7-3-4-9(8(11)5-7)17(15,16)13-6-10(14)12-2/h3-5,13H,6,11H2,1-2H3,(H,12,14). The van der Waals surface area contributed by atoms with Crippen LogP contribution >= 0.6 is 0 Å². The molecule has 0 aliphatic carbocycles. The van der Waals surface area contributed by atoms with Crippen molar-refractivity contribution in [3.8, 4) is 0 Å². The summed E-state index contributed by atoms with van der Waals surface area (Å²) in [4.78, 5) is 10.9. The van der Waals surface area contributed by atoms with E-state index in [-0.39, 0.29) is 17.1 Å². The van der Waals surface area contributed by atoms with Gasteiger partial charge in [-0.25, -0.2) is 13.1 Å². The summed E-state index contributed by atoms with van der Waals surface area (Å²) >= 11 is 0. The Balaban J connectivity index is 2.94. The minimum Gasteiger partial charge on any atom is -0.398 e. The number of carbonyl (C=O) groups excluding carboxylic acids is 1. The Labute approximate surface area is 100 Å². The fourth-order valence-corrected chi connectivity index (χ4v) is 2.33. The van der Waals surface area contributed by atoms with E-state index in [0.717, 1.165) is 5.56 Å². The average molecular weight is 257 g/mol. The SMILES string of the molecule is CNC(=O)CNS(=O)(=O)c1ccc(C)cc1N. The lowest BCUT2D eigenvalue weighted by Crippen LogP contribution is -2.35. The van der Waals surface area contributed by atoms with E-state index >= 15 is 0 Å². The van der Waals surface area contributed by atoms with Crippen molar-refractivity contribution in [1.29, 1.82) is 0 Å². The summed E-state index contributed by atoms with van der Waals surface area (Å²) in [5.41, 5.74) is 6.66. The van der Waals surface area contributed by atoms with Gasteiger partial charge >= 0.3 is 0 Å². The Morgan fingerprint density at radius 3 is 2.59 bits per heavy atom. The second kappa shape index (κ2) is 5.15. The highest BCUT2D eigenvalue weighted by Gasteiger charge is 2.17. The van der Waals surface area contributed by atoms with Gasteiger partial charge in [0, 0.05) is 7.05 Å². The molecule has 0 heterocycles. The van der Waals surface area contributed by atoms with Crippen LogP contribution in [0.1, 0.15) is 5.56 Å². The molecule has 17 heavy (non-hydrogen) atoms. The predicted molar refractivity (Wildman–Crippen MR) is 64.8 cm³/mol. The number of likely N-dealkylation sites (N-methyl/N-ethyl adjacent to an activating group) is 1. The van der Waals surface area contributed by atoms with Gasteiger partial charge in [0.1, 0.15) is 4.90 Å². The first-order valence-electron chi connectivity index (χ1n) is 4.93. The maximum Gasteiger partial charge on any atom is 0.243 e. The van der Waals surface area contributed by atoms with Crippen molar-refractivity contribution in [2.24, 2.45) is 0 Å². The van der Waals surface area contributed by atoms with Gasteiger partial charge in [-0.05, 0) is 24.6 Å². The number of amides is 1. The number of sulfonamides is 1. The molecule has 4 N–H and O–H groups in total. The summed E-state index contributed by atoms with van der Waals surface area (Å²) in [6, 6.07) is 4.62. The number of rotatable bonds is 4. The molecule has 0 aliphatic rings. The zero-order valence-electron chi connectivity index (χ0n) is 9.65. The van der Waals surface area contributed by atoms with Crippen molar-refractivity contribution < 1.29 is 13.2 Å². The fraction of sp³-hybridized carbons (Fsp3) is 0.300. The maximum atomic E-state index is 11.8. The van der Waals surface area contributed by atoms with E-state index in [1.165, 1.54) is 13.1 Å². The highest BCUT2D eigenvalue weighted by molar-refractivity contribution is 7.89. The van der Waals surface area contributed by atoms with E-state index in [4.69, 9.17) is 5.73 Å². The van der Waals surface area contributed by atoms with E-state index in [1.54, 1.807) is 12.1 Å². The highest BCUT2D eigenvalue weighted by atomic mass is 32.2. The highest BCUT2D eigenvalue weighted by Crippen LogP contribution is 2.18. The van der Waals surface area contributed by atoms with Crippen molar-refractivity contribution in [1.82, 2.24) is 10.0 Å². The second-order valence-electron chi connectivity index (χ2n) is 3.54. The van der Waals surface area contributed by atoms with Gasteiger partial charge in [-0.1, -0.05) is 6.07 Å². The van der Waals surface area contributed by atoms with Gasteiger partial charge < -0.3 is 11.1 Å². The van der Waals surface area contributed by atoms with Crippen LogP contribution in [0.2, 0.25) is 0 Å². The summed E-state index contributed by atoms with van der Waals surface area (Å²) in [5, 5.41) is 2.32. The van der Waals surface area contributed by atoms with Crippen molar-refractivity contribution in [2.45, 2.75) is 11.8 Å². The van der Waals surface area contributed by atoms with Crippen LogP contribution < -0.4 is 15.8 Å². The van der Waals surface area contributed by atoms with Crippen LogP contribution in [0.15, 0.2) is 23.1 Å². The molecule has 0 saturated carbocycles. The molecule has 1 amide bonds. The first-order valence-corrected chi connectivity index (χ1v) is 6.41. The number of nitrogens with one attached hydrogen (secondary N) is 2. The molecule has 0 atom stereocenters. The summed E-state index contributed by atoms with van der Waals surface area (Å²) in [5.74, 6) is -0.417. The number of aryl methyl sites for hydroxylation is 1. The van der Waals surface area contributed by atoms with Crippen LogP contribution in [-0.4, -0.2) is 27.9 Å². The number of hydrogen-bond donors (Lipinski definition) is 3. The van der Waals surface area contributed by atoms with E-state index in [2.05, 4.69) is 10.0 Å². The quantitative estimate of drug-likeness (QED) is 0.639. The van der Waals surface area contributed by atoms with Gasteiger partial charge in [0.25, 0.3) is 0 Å². The molecule has 1 aromatic rings. The number of nitrogen functional groups attached to an aromatic ring is 1. The third-order valence-electron chi connectivity index (χ3n) is 2.16. The lowest BCUT2D eigenvalue weighted by Gasteiger charge is -2.09. The largest absolute Gasteiger partial charge is 0.398 e. The molecule has 0 aliphatic heterocycles. The van der Waals surface area contributed by atoms with E-state index in [1.807, 2.05) is 6.92 Å². The first kappa shape index (κ1) is 13.5. The van der Waals surface area contributed by atoms with Gasteiger partial charge in [-0.15, -0.1) is 0 Å². The Hall–Kier alpha value is -1.60. The lowest BCUT2D eigenvalue weighted by atomic mass is 10.2. The molecule has 0 unspecified atom stereocenters. The van der Waals surface area contributed by atoms with Crippen molar-refractivity contribution in [3.05, 3.63) is 23.8 Å². The second-order valence-corrected chi connectivity index (χ2v) is 5.27. The van der Waals surface area contributed by atoms with Crippen LogP contribution in [0.3, 0.4) is 0 Å². The minimum absolute atomic E-state index is 0.0213. The molecule has 0 fully saturated rings. The van der Waals surface area contributed by atoms with Gasteiger partial charge in [0.15, 0.2) is 0 Å². The first-order chi connectivity index (χ1) is 7.86. The Morgan fingerprint density at radius 1 is 1.41 bits per heavy atom. The molecule has 7 heteroatoms. The van der Waals surface area contributed by atoms with Crippen LogP contribution in [-0.2, 0) is 14.8 Å². The summed E-state index contributed by atoms with van der Waals surface area (Å²) in [6.45, 7) is 1.50. The number of anilines is 1. The van der Waals surface area contributed by atoms with Gasteiger partial charge in [0.2, 0.25) is 15.9 Å². The lowest BCUT2D eigenvalue weighted by molar-refractivity contribution is -0.119. The van der Waals surface area contributed by atoms with Crippen LogP contribution in [0.4, 0.5) is 5.69 Å². The monoisotopic (exact) mass is 257 g/mol. The summed E-state index contributed by atoms with van der Waals surface area (Å²) in [7, 11) is -2.32. The van der Waals surface area contributed by atoms with Crippen LogP contribution in [0.5, 0.6) is 0 Å². The molecule has 1 rings (SSSR count). The molecule has 0 aromatic heterocycles. The van der Waals surface area contributed by atoms with Crippen LogP contribution in [0, 0.1) is 6.92 Å². The van der Waals surface area contributed by atoms with Gasteiger partial charge in [-0.3, -0.25) is 4.79 Å². The molecule has 0 bridgehead atoms. The predicted octanol–water partition coefficient (Wildman–Crippen LogP) is -0.398. The number of carbonyl (C=O) groups is 1. The molecular weight excluding hydrogens is 242 g/mol. The molecule has 0 saturated heterocycles. The van der Waals surface area contributed by atoms with E-state index in [9.17, 15) is 13.2 Å². The zero-order chi connectivity index (χ0) is 13.1. The number of benzene rings is 1. The molecule has 0 spiro atoms. The van der Waals surface area contributed by atoms with Crippen LogP contribution in [0.25, 0.3) is 0 Å². The normalized spacial score (nSPS) is 11.2. The molecule has 94 valence electrons. The van der Waals surface area contributed by atoms with Crippen molar-refractivity contribution >= 4 is 21.6 Å². The third kappa shape index (κ3) is 3.43. The Kier molecular flexibility index (Phi) is 4.08. The summed E-state index contributed by atoms with van der Waals surface area (Å²) in [6.07, 6.45) is 0. The molecular formula is C10H15N3O3S. The molecule has 0 radical (unpaired) electrons. The molecule has 1 aromatic carbocycles. The third-order valence-corrected chi connectivity index (χ3v) is 3.63. The average Bonchev–Trinajstić information content (AvgIpc) is 2.25. The number of hydrogen-bond acceptors (Lipinski definition) is 4. The van der Waals surface area contributed by atoms with E-state index in [0.29, 0.717) is 0 Å².